The average Bonchev–Trinajstić information content (AvgIpc) is 2.87. The lowest BCUT2D eigenvalue weighted by atomic mass is 9.87. The van der Waals surface area contributed by atoms with Crippen molar-refractivity contribution in [2.75, 3.05) is 51.3 Å². The van der Waals surface area contributed by atoms with Crippen molar-refractivity contribution in [3.8, 4) is 0 Å². The number of hydrogen-bond donors (Lipinski definition) is 2. The van der Waals surface area contributed by atoms with Crippen molar-refractivity contribution in [2.45, 2.75) is 65.7 Å². The number of carbonyl (C=O) groups is 1. The first kappa shape index (κ1) is 32.6. The molecular formula is C29H44N6O5. The van der Waals surface area contributed by atoms with Crippen molar-refractivity contribution in [1.29, 1.82) is 0 Å². The Hall–Kier alpha value is -3.57. The van der Waals surface area contributed by atoms with E-state index in [1.54, 1.807) is 0 Å². The number of nitrogens with two attached hydrogens (primary N) is 1. The molecule has 11 heteroatoms. The number of nitrogens with zero attached hydrogens (tertiary/aromatic N) is 4. The van der Waals surface area contributed by atoms with E-state index in [-0.39, 0.29) is 46.4 Å². The maximum absolute atomic E-state index is 11.4. The van der Waals surface area contributed by atoms with Crippen LogP contribution in [0.4, 0.5) is 22.7 Å². The molecule has 0 radical (unpaired) electrons. The average molecular weight is 557 g/mol. The molecule has 0 aromatic heterocycles. The van der Waals surface area contributed by atoms with Gasteiger partial charge in [-0.2, -0.15) is 0 Å². The number of likely N-dealkylation sites (tertiary alicyclic amines) is 2. The van der Waals surface area contributed by atoms with Gasteiger partial charge in [0.05, 0.1) is 15.5 Å². The molecule has 0 spiro atoms. The number of nitrogen functional groups attached to an aromatic ring is 1. The number of nitro benzene ring substituents is 2. The van der Waals surface area contributed by atoms with E-state index in [2.05, 4.69) is 29.2 Å². The predicted molar refractivity (Wildman–Crippen MR) is 160 cm³/mol. The number of benzene rings is 2. The molecule has 4 rings (SSSR count). The van der Waals surface area contributed by atoms with Gasteiger partial charge in [0.25, 0.3) is 11.4 Å². The number of rotatable bonds is 5. The smallest absolute Gasteiger partial charge is 0.274 e. The van der Waals surface area contributed by atoms with E-state index in [1.165, 1.54) is 19.1 Å². The largest absolute Gasteiger partial charge is 0.398 e. The lowest BCUT2D eigenvalue weighted by Crippen LogP contribution is -2.29. The molecule has 2 saturated heterocycles. The molecule has 0 aliphatic carbocycles. The fourth-order valence-electron chi connectivity index (χ4n) is 5.39. The lowest BCUT2D eigenvalue weighted by Gasteiger charge is -2.29. The standard InChI is InChI=1S/C15H21N3O3.C13H19N3O2.CH4/c1-10-8-13(12-4-6-17(3)7-5-12)15(18(20)21)9-14(10)16-11(2)19;1-9-7-11(10-3-5-15(2)6-4-10)13(16(17)18)8-12(9)14;/h8-9,12H,4-7H2,1-3H3,(H,16,19);7-8,10H,3-6,14H2,1-2H3;1H4. The Kier molecular flexibility index (Phi) is 11.6. The number of aryl methyl sites for hydroxylation is 2. The third-order valence-electron chi connectivity index (χ3n) is 7.81. The molecule has 1 amide bonds. The van der Waals surface area contributed by atoms with Gasteiger partial charge in [-0.3, -0.25) is 25.0 Å². The van der Waals surface area contributed by atoms with Gasteiger partial charge in [0.15, 0.2) is 0 Å². The summed E-state index contributed by atoms with van der Waals surface area (Å²) in [6.45, 7) is 9.06. The van der Waals surface area contributed by atoms with Crippen LogP contribution in [0.15, 0.2) is 24.3 Å². The summed E-state index contributed by atoms with van der Waals surface area (Å²) in [5.74, 6) is 0.270. The Morgan fingerprint density at radius 1 is 0.825 bits per heavy atom. The summed E-state index contributed by atoms with van der Waals surface area (Å²) in [4.78, 5) is 37.5. The fraction of sp³-hybridized carbons (Fsp3) is 0.552. The van der Waals surface area contributed by atoms with Crippen LogP contribution in [-0.2, 0) is 4.79 Å². The maximum atomic E-state index is 11.4. The summed E-state index contributed by atoms with van der Waals surface area (Å²) in [5, 5.41) is 25.1. The van der Waals surface area contributed by atoms with Crippen LogP contribution in [0.25, 0.3) is 0 Å². The van der Waals surface area contributed by atoms with Gasteiger partial charge >= 0.3 is 0 Å². The summed E-state index contributed by atoms with van der Waals surface area (Å²) < 4.78 is 0. The van der Waals surface area contributed by atoms with Crippen LogP contribution < -0.4 is 11.1 Å². The molecule has 40 heavy (non-hydrogen) atoms. The molecule has 0 atom stereocenters. The monoisotopic (exact) mass is 556 g/mol. The topological polar surface area (TPSA) is 148 Å². The molecule has 2 aliphatic rings. The third kappa shape index (κ3) is 8.22. The highest BCUT2D eigenvalue weighted by molar-refractivity contribution is 5.90. The second kappa shape index (κ2) is 14.2. The van der Waals surface area contributed by atoms with Gasteiger partial charge in [-0.05, 0) is 115 Å². The Morgan fingerprint density at radius 3 is 1.62 bits per heavy atom. The van der Waals surface area contributed by atoms with Crippen LogP contribution in [0.1, 0.15) is 74.1 Å². The van der Waals surface area contributed by atoms with Crippen molar-refractivity contribution in [2.24, 2.45) is 0 Å². The van der Waals surface area contributed by atoms with Crippen LogP contribution in [0.2, 0.25) is 0 Å². The molecule has 2 aromatic carbocycles. The lowest BCUT2D eigenvalue weighted by molar-refractivity contribution is -0.385. The fourth-order valence-corrected chi connectivity index (χ4v) is 5.39. The maximum Gasteiger partial charge on any atom is 0.274 e. The van der Waals surface area contributed by atoms with Crippen molar-refractivity contribution in [3.05, 3.63) is 66.7 Å². The highest BCUT2D eigenvalue weighted by atomic mass is 16.6. The summed E-state index contributed by atoms with van der Waals surface area (Å²) in [6, 6.07) is 6.75. The molecule has 2 heterocycles. The zero-order valence-electron chi connectivity index (χ0n) is 23.5. The molecule has 2 aromatic rings. The number of amides is 1. The van der Waals surface area contributed by atoms with E-state index in [4.69, 9.17) is 5.73 Å². The van der Waals surface area contributed by atoms with Gasteiger partial charge in [-0.15, -0.1) is 0 Å². The zero-order valence-corrected chi connectivity index (χ0v) is 23.5. The van der Waals surface area contributed by atoms with Crippen molar-refractivity contribution >= 4 is 28.7 Å². The predicted octanol–water partition coefficient (Wildman–Crippen LogP) is 5.60. The first-order valence-corrected chi connectivity index (χ1v) is 13.3. The summed E-state index contributed by atoms with van der Waals surface area (Å²) in [7, 11) is 4.15. The van der Waals surface area contributed by atoms with Crippen molar-refractivity contribution < 1.29 is 14.6 Å². The Bertz CT molecular complexity index is 1220. The summed E-state index contributed by atoms with van der Waals surface area (Å²) in [5.41, 5.74) is 10.5. The number of hydrogen-bond acceptors (Lipinski definition) is 8. The van der Waals surface area contributed by atoms with Gasteiger partial charge in [-0.1, -0.05) is 7.43 Å². The van der Waals surface area contributed by atoms with E-state index in [0.29, 0.717) is 11.4 Å². The van der Waals surface area contributed by atoms with Gasteiger partial charge in [0.2, 0.25) is 5.91 Å². The molecule has 2 aliphatic heterocycles. The van der Waals surface area contributed by atoms with Crippen molar-refractivity contribution in [3.63, 3.8) is 0 Å². The van der Waals surface area contributed by atoms with Gasteiger partial charge < -0.3 is 20.9 Å². The summed E-state index contributed by atoms with van der Waals surface area (Å²) >= 11 is 0. The second-order valence-corrected chi connectivity index (χ2v) is 10.8. The van der Waals surface area contributed by atoms with Gasteiger partial charge in [0.1, 0.15) is 0 Å². The molecule has 11 nitrogen and oxygen atoms in total. The van der Waals surface area contributed by atoms with Crippen LogP contribution in [-0.4, -0.2) is 65.8 Å². The first-order valence-electron chi connectivity index (χ1n) is 13.3. The SMILES string of the molecule is C.CC(=O)Nc1cc([N+](=O)[O-])c(C2CCN(C)CC2)cc1C.Cc1cc(C2CCN(C)CC2)c([N+](=O)[O-])cc1N. The highest BCUT2D eigenvalue weighted by Gasteiger charge is 2.28. The molecule has 0 bridgehead atoms. The van der Waals surface area contributed by atoms with Crippen LogP contribution in [0, 0.1) is 34.1 Å². The minimum atomic E-state index is -0.349. The Balaban J connectivity index is 0.000000276. The number of carbonyl (C=O) groups excluding carboxylic acids is 1. The van der Waals surface area contributed by atoms with Crippen LogP contribution in [0.3, 0.4) is 0 Å². The Labute approximate surface area is 237 Å². The van der Waals surface area contributed by atoms with Crippen molar-refractivity contribution in [1.82, 2.24) is 9.80 Å². The molecule has 2 fully saturated rings. The van der Waals surface area contributed by atoms with Crippen LogP contribution in [0.5, 0.6) is 0 Å². The summed E-state index contributed by atoms with van der Waals surface area (Å²) in [6.07, 6.45) is 3.80. The van der Waals surface area contributed by atoms with Gasteiger partial charge in [-0.25, -0.2) is 0 Å². The van der Waals surface area contributed by atoms with Gasteiger partial charge in [0, 0.05) is 35.9 Å². The van der Waals surface area contributed by atoms with E-state index in [9.17, 15) is 25.0 Å². The van der Waals surface area contributed by atoms with E-state index >= 15 is 0 Å². The molecule has 0 saturated carbocycles. The van der Waals surface area contributed by atoms with E-state index < -0.39 is 0 Å². The highest BCUT2D eigenvalue weighted by Crippen LogP contribution is 2.38. The Morgan fingerprint density at radius 2 is 1.23 bits per heavy atom. The normalized spacial score (nSPS) is 16.8. The van der Waals surface area contributed by atoms with Crippen LogP contribution >= 0.6 is 0 Å². The third-order valence-corrected chi connectivity index (χ3v) is 7.81. The molecule has 220 valence electrons. The minimum absolute atomic E-state index is 0. The van der Waals surface area contributed by atoms with E-state index in [0.717, 1.165) is 74.1 Å². The number of piperidine rings is 2. The number of anilines is 2. The molecule has 0 unspecified atom stereocenters. The minimum Gasteiger partial charge on any atom is -0.398 e. The van der Waals surface area contributed by atoms with E-state index in [1.807, 2.05) is 26.0 Å². The second-order valence-electron chi connectivity index (χ2n) is 10.8. The molecular weight excluding hydrogens is 512 g/mol. The quantitative estimate of drug-likeness (QED) is 0.275. The molecule has 3 N–H and O–H groups in total. The number of nitrogens with one attached hydrogen (secondary N) is 1. The first-order chi connectivity index (χ1) is 18.4. The zero-order chi connectivity index (χ0) is 28.9. The number of nitro groups is 2.